The first-order valence-electron chi connectivity index (χ1n) is 28.7. The summed E-state index contributed by atoms with van der Waals surface area (Å²) >= 11 is 0. The van der Waals surface area contributed by atoms with E-state index in [-0.39, 0.29) is 0 Å². The average molecular weight is 1100 g/mol. The number of aromatic nitrogens is 9. The lowest BCUT2D eigenvalue weighted by molar-refractivity contribution is 1.07. The topological polar surface area (TPSA) is 116 Å². The van der Waals surface area contributed by atoms with E-state index in [0.717, 1.165) is 79.9 Å². The largest absolute Gasteiger partial charge is 0.256 e. The summed E-state index contributed by atoms with van der Waals surface area (Å²) in [5.41, 5.74) is 24.8. The fourth-order valence-corrected chi connectivity index (χ4v) is 11.7. The molecular formula is C77H51N9. The van der Waals surface area contributed by atoms with Crippen molar-refractivity contribution in [3.8, 4) is 135 Å². The summed E-state index contributed by atoms with van der Waals surface area (Å²) in [6.07, 6.45) is 7.20. The first kappa shape index (κ1) is 51.3. The maximum atomic E-state index is 4.93. The zero-order chi connectivity index (χ0) is 57.2. The molecule has 4 aromatic heterocycles. The van der Waals surface area contributed by atoms with E-state index in [1.165, 1.54) is 55.6 Å². The SMILES string of the molecule is c1ccc(-c2nc(-c3ccccc3)nc(-c3ccc(-c4cccc(-c5cccc6c5Cc5cncnc5-6)c4)cc3)n2)cc1.c1ccc(-c2nc(-c3ccccc3)nc(-c3cccc(-c4cccc(-c5cccc6c5Cc5cccnc5-6)c4)c3)n2)cc1. The van der Waals surface area contributed by atoms with Crippen LogP contribution in [-0.2, 0) is 12.8 Å². The van der Waals surface area contributed by atoms with Crippen molar-refractivity contribution in [3.05, 3.63) is 308 Å². The lowest BCUT2D eigenvalue weighted by Gasteiger charge is -2.12. The van der Waals surface area contributed by atoms with Crippen LogP contribution in [0.3, 0.4) is 0 Å². The number of pyridine rings is 1. The van der Waals surface area contributed by atoms with Crippen molar-refractivity contribution in [2.24, 2.45) is 0 Å². The Hall–Kier alpha value is -11.6. The van der Waals surface area contributed by atoms with Crippen LogP contribution >= 0.6 is 0 Å². The Morgan fingerprint density at radius 1 is 0.233 bits per heavy atom. The van der Waals surface area contributed by atoms with Gasteiger partial charge in [-0.15, -0.1) is 0 Å². The van der Waals surface area contributed by atoms with Gasteiger partial charge < -0.3 is 0 Å². The molecule has 4 heterocycles. The highest BCUT2D eigenvalue weighted by Crippen LogP contribution is 2.43. The van der Waals surface area contributed by atoms with Gasteiger partial charge in [-0.05, 0) is 85.5 Å². The number of hydrogen-bond donors (Lipinski definition) is 0. The molecule has 0 saturated carbocycles. The third-order valence-electron chi connectivity index (χ3n) is 16.0. The maximum absolute atomic E-state index is 4.93. The lowest BCUT2D eigenvalue weighted by Crippen LogP contribution is -2.00. The fourth-order valence-electron chi connectivity index (χ4n) is 11.7. The van der Waals surface area contributed by atoms with Crippen LogP contribution in [0, 0.1) is 0 Å². The van der Waals surface area contributed by atoms with Crippen LogP contribution in [0.15, 0.2) is 286 Å². The number of fused-ring (bicyclic) bond motifs is 6. The predicted octanol–water partition coefficient (Wildman–Crippen LogP) is 17.7. The molecule has 2 aliphatic rings. The summed E-state index contributed by atoms with van der Waals surface area (Å²) in [6.45, 7) is 0. The molecule has 0 radical (unpaired) electrons. The van der Waals surface area contributed by atoms with Gasteiger partial charge in [0, 0.05) is 75.3 Å². The van der Waals surface area contributed by atoms with Gasteiger partial charge in [0.15, 0.2) is 34.9 Å². The molecule has 9 nitrogen and oxygen atoms in total. The molecule has 0 N–H and O–H groups in total. The van der Waals surface area contributed by atoms with Gasteiger partial charge in [0.05, 0.1) is 11.4 Å². The Morgan fingerprint density at radius 2 is 0.570 bits per heavy atom. The van der Waals surface area contributed by atoms with Crippen molar-refractivity contribution < 1.29 is 0 Å². The minimum Gasteiger partial charge on any atom is -0.256 e. The van der Waals surface area contributed by atoms with E-state index in [9.17, 15) is 0 Å². The van der Waals surface area contributed by atoms with E-state index in [1.54, 1.807) is 6.33 Å². The molecule has 2 aliphatic carbocycles. The second-order valence-corrected chi connectivity index (χ2v) is 21.3. The number of hydrogen-bond acceptors (Lipinski definition) is 9. The molecule has 0 atom stereocenters. The highest BCUT2D eigenvalue weighted by Gasteiger charge is 2.25. The number of rotatable bonds is 10. The van der Waals surface area contributed by atoms with E-state index in [2.05, 4.69) is 154 Å². The van der Waals surface area contributed by atoms with Crippen molar-refractivity contribution in [1.82, 2.24) is 44.9 Å². The number of benzene rings is 10. The summed E-state index contributed by atoms with van der Waals surface area (Å²) < 4.78 is 0. The third-order valence-corrected chi connectivity index (χ3v) is 16.0. The molecule has 16 rings (SSSR count). The molecule has 0 bridgehead atoms. The first-order chi connectivity index (χ1) is 42.6. The maximum Gasteiger partial charge on any atom is 0.164 e. The highest BCUT2D eigenvalue weighted by atomic mass is 15.0. The normalized spacial score (nSPS) is 11.6. The molecule has 9 heteroatoms. The fraction of sp³-hybridized carbons (Fsp3) is 0.0260. The van der Waals surface area contributed by atoms with Gasteiger partial charge in [0.1, 0.15) is 6.33 Å². The molecule has 0 aliphatic heterocycles. The molecule has 0 saturated heterocycles. The second kappa shape index (κ2) is 22.7. The summed E-state index contributed by atoms with van der Waals surface area (Å²) in [4.78, 5) is 42.7. The minimum absolute atomic E-state index is 0.649. The van der Waals surface area contributed by atoms with Crippen LogP contribution in [0.2, 0.25) is 0 Å². The van der Waals surface area contributed by atoms with Crippen LogP contribution in [0.1, 0.15) is 22.3 Å². The van der Waals surface area contributed by atoms with Gasteiger partial charge in [0.2, 0.25) is 0 Å². The molecule has 0 fully saturated rings. The van der Waals surface area contributed by atoms with Gasteiger partial charge >= 0.3 is 0 Å². The molecule has 14 aromatic rings. The van der Waals surface area contributed by atoms with E-state index in [0.29, 0.717) is 34.9 Å². The standard InChI is InChI=1S/C39H26N4.C38H25N5/c1-3-11-26(12-4-1)37-41-38(27-13-5-2-6-14-27)43-39(42-37)32-18-8-16-29(24-32)28-15-7-17-30(23-28)33-20-9-21-34-35(33)25-31-19-10-22-40-36(31)34;1-3-9-26(10-4-1)36-41-37(27-11-5-2-6-12-27)43-38(42-36)28-19-17-25(18-20-28)29-13-7-14-30(21-29)32-15-8-16-33-34(32)22-31-23-39-24-40-35(31)33/h1-24H,25H2;1-21,23-24H,22H2. The molecule has 0 spiro atoms. The van der Waals surface area contributed by atoms with Crippen LogP contribution in [-0.4, -0.2) is 44.9 Å². The Kier molecular flexibility index (Phi) is 13.5. The quantitative estimate of drug-likeness (QED) is 0.132. The van der Waals surface area contributed by atoms with Crippen LogP contribution in [0.4, 0.5) is 0 Å². The molecule has 0 amide bonds. The van der Waals surface area contributed by atoms with Crippen LogP contribution in [0.25, 0.3) is 135 Å². The van der Waals surface area contributed by atoms with Gasteiger partial charge in [-0.25, -0.2) is 39.9 Å². The Balaban J connectivity index is 0.000000145. The Labute approximate surface area is 498 Å². The molecular weight excluding hydrogens is 1050 g/mol. The van der Waals surface area contributed by atoms with Crippen molar-refractivity contribution >= 4 is 0 Å². The van der Waals surface area contributed by atoms with Crippen LogP contribution in [0.5, 0.6) is 0 Å². The van der Waals surface area contributed by atoms with Crippen molar-refractivity contribution in [3.63, 3.8) is 0 Å². The van der Waals surface area contributed by atoms with Gasteiger partial charge in [-0.3, -0.25) is 4.98 Å². The second-order valence-electron chi connectivity index (χ2n) is 21.3. The monoisotopic (exact) mass is 1100 g/mol. The first-order valence-corrected chi connectivity index (χ1v) is 28.7. The van der Waals surface area contributed by atoms with E-state index >= 15 is 0 Å². The molecule has 0 unspecified atom stereocenters. The lowest BCUT2D eigenvalue weighted by atomic mass is 9.93. The van der Waals surface area contributed by atoms with E-state index in [4.69, 9.17) is 29.9 Å². The molecule has 10 aromatic carbocycles. The van der Waals surface area contributed by atoms with Crippen LogP contribution < -0.4 is 0 Å². The van der Waals surface area contributed by atoms with E-state index < -0.39 is 0 Å². The predicted molar refractivity (Wildman–Crippen MR) is 344 cm³/mol. The van der Waals surface area contributed by atoms with Crippen molar-refractivity contribution in [2.75, 3.05) is 0 Å². The van der Waals surface area contributed by atoms with Gasteiger partial charge in [-0.2, -0.15) is 0 Å². The summed E-state index contributed by atoms with van der Waals surface area (Å²) in [6, 6.07) is 92.0. The van der Waals surface area contributed by atoms with Crippen molar-refractivity contribution in [2.45, 2.75) is 12.8 Å². The van der Waals surface area contributed by atoms with Gasteiger partial charge in [-0.1, -0.05) is 243 Å². The van der Waals surface area contributed by atoms with Crippen molar-refractivity contribution in [1.29, 1.82) is 0 Å². The summed E-state index contributed by atoms with van der Waals surface area (Å²) in [5.74, 6) is 3.93. The highest BCUT2D eigenvalue weighted by molar-refractivity contribution is 5.87. The molecule has 404 valence electrons. The number of nitrogens with zero attached hydrogens (tertiary/aromatic N) is 9. The summed E-state index contributed by atoms with van der Waals surface area (Å²) in [5, 5.41) is 0. The zero-order valence-corrected chi connectivity index (χ0v) is 46.6. The third kappa shape index (κ3) is 10.2. The van der Waals surface area contributed by atoms with Gasteiger partial charge in [0.25, 0.3) is 0 Å². The smallest absolute Gasteiger partial charge is 0.164 e. The Bertz CT molecular complexity index is 4690. The molecule has 86 heavy (non-hydrogen) atoms. The minimum atomic E-state index is 0.649. The Morgan fingerprint density at radius 3 is 1.05 bits per heavy atom. The van der Waals surface area contributed by atoms with E-state index in [1.807, 2.05) is 140 Å². The summed E-state index contributed by atoms with van der Waals surface area (Å²) in [7, 11) is 0. The zero-order valence-electron chi connectivity index (χ0n) is 46.6. The average Bonchev–Trinajstić information content (AvgIpc) is 3.64.